The van der Waals surface area contributed by atoms with Crippen LogP contribution >= 0.6 is 0 Å². The van der Waals surface area contributed by atoms with Crippen LogP contribution in [0.15, 0.2) is 0 Å². The van der Waals surface area contributed by atoms with Gasteiger partial charge in [0.15, 0.2) is 0 Å². The maximum Gasteiger partial charge on any atom is 0.317 e. The molecule has 6 heteroatoms. The normalized spacial score (nSPS) is 22.6. The first kappa shape index (κ1) is 16.8. The first-order chi connectivity index (χ1) is 9.26. The molecule has 116 valence electrons. The van der Waals surface area contributed by atoms with Crippen LogP contribution in [0.4, 0.5) is 4.79 Å². The van der Waals surface area contributed by atoms with E-state index in [0.717, 1.165) is 6.42 Å². The van der Waals surface area contributed by atoms with Crippen molar-refractivity contribution in [2.75, 3.05) is 26.3 Å². The molecule has 1 aliphatic rings. The molecular formula is C14H26N2O4. The van der Waals surface area contributed by atoms with E-state index in [9.17, 15) is 9.59 Å². The lowest BCUT2D eigenvalue weighted by Gasteiger charge is -2.30. The molecule has 0 aliphatic carbocycles. The predicted molar refractivity (Wildman–Crippen MR) is 75.6 cm³/mol. The fourth-order valence-corrected chi connectivity index (χ4v) is 2.26. The molecule has 2 N–H and O–H groups in total. The summed E-state index contributed by atoms with van der Waals surface area (Å²) in [5.74, 6) is -1.54. The number of nitrogens with one attached hydrogen (secondary N) is 1. The Kier molecular flexibility index (Phi) is 5.80. The molecule has 0 aromatic carbocycles. The molecule has 0 aromatic heterocycles. The minimum atomic E-state index is -0.909. The van der Waals surface area contributed by atoms with Gasteiger partial charge in [-0.1, -0.05) is 20.8 Å². The highest BCUT2D eigenvalue weighted by Gasteiger charge is 2.39. The summed E-state index contributed by atoms with van der Waals surface area (Å²) < 4.78 is 5.22. The van der Waals surface area contributed by atoms with Crippen LogP contribution in [-0.4, -0.2) is 54.4 Å². The molecule has 2 amide bonds. The molecule has 1 fully saturated rings. The highest BCUT2D eigenvalue weighted by molar-refractivity contribution is 5.77. The molecular weight excluding hydrogens is 260 g/mol. The van der Waals surface area contributed by atoms with Crippen molar-refractivity contribution < 1.29 is 19.4 Å². The average Bonchev–Trinajstić information content (AvgIpc) is 2.77. The van der Waals surface area contributed by atoms with E-state index in [1.807, 2.05) is 6.92 Å². The summed E-state index contributed by atoms with van der Waals surface area (Å²) in [6.07, 6.45) is 0.875. The van der Waals surface area contributed by atoms with Gasteiger partial charge < -0.3 is 20.1 Å². The van der Waals surface area contributed by atoms with Crippen molar-refractivity contribution in [1.29, 1.82) is 0 Å². The Morgan fingerprint density at radius 1 is 1.35 bits per heavy atom. The lowest BCUT2D eigenvalue weighted by molar-refractivity contribution is -0.142. The van der Waals surface area contributed by atoms with Gasteiger partial charge in [-0.2, -0.15) is 0 Å². The summed E-state index contributed by atoms with van der Waals surface area (Å²) in [6, 6.07) is -0.592. The molecule has 0 spiro atoms. The maximum absolute atomic E-state index is 12.2. The van der Waals surface area contributed by atoms with Gasteiger partial charge >= 0.3 is 12.0 Å². The molecule has 0 saturated carbocycles. The van der Waals surface area contributed by atoms with E-state index in [1.165, 1.54) is 0 Å². The number of carboxylic acids is 1. The number of amides is 2. The molecule has 0 radical (unpaired) electrons. The molecule has 1 rings (SSSR count). The predicted octanol–water partition coefficient (Wildman–Crippen LogP) is 1.55. The van der Waals surface area contributed by atoms with Gasteiger partial charge in [-0.15, -0.1) is 0 Å². The van der Waals surface area contributed by atoms with Gasteiger partial charge in [0.25, 0.3) is 0 Å². The third-order valence-electron chi connectivity index (χ3n) is 3.52. The number of likely N-dealkylation sites (N-methyl/N-ethyl adjacent to an activating group) is 1. The van der Waals surface area contributed by atoms with E-state index in [-0.39, 0.29) is 30.7 Å². The maximum atomic E-state index is 12.2. The van der Waals surface area contributed by atoms with Gasteiger partial charge in [-0.3, -0.25) is 4.79 Å². The smallest absolute Gasteiger partial charge is 0.317 e. The van der Waals surface area contributed by atoms with Gasteiger partial charge in [0, 0.05) is 13.1 Å². The van der Waals surface area contributed by atoms with Crippen LogP contribution in [-0.2, 0) is 9.53 Å². The highest BCUT2D eigenvalue weighted by atomic mass is 16.5. The number of hydrogen-bond acceptors (Lipinski definition) is 3. The quantitative estimate of drug-likeness (QED) is 0.804. The zero-order valence-electron chi connectivity index (χ0n) is 12.8. The molecule has 1 saturated heterocycles. The number of hydrogen-bond donors (Lipinski definition) is 2. The molecule has 6 nitrogen and oxygen atoms in total. The summed E-state index contributed by atoms with van der Waals surface area (Å²) in [5, 5.41) is 12.0. The molecule has 20 heavy (non-hydrogen) atoms. The van der Waals surface area contributed by atoms with Crippen molar-refractivity contribution in [3.8, 4) is 0 Å². The van der Waals surface area contributed by atoms with E-state index >= 15 is 0 Å². The first-order valence-electron chi connectivity index (χ1n) is 7.11. The third kappa shape index (κ3) is 4.67. The number of carboxylic acid groups (broad SMARTS) is 1. The Morgan fingerprint density at radius 3 is 2.50 bits per heavy atom. The summed E-state index contributed by atoms with van der Waals surface area (Å²) in [5.41, 5.74) is 0.157. The third-order valence-corrected chi connectivity index (χ3v) is 3.52. The number of aliphatic carboxylic acids is 1. The minimum Gasteiger partial charge on any atom is -0.481 e. The zero-order chi connectivity index (χ0) is 15.3. The summed E-state index contributed by atoms with van der Waals surface area (Å²) in [6.45, 7) is 9.71. The molecule has 1 heterocycles. The largest absolute Gasteiger partial charge is 0.481 e. The second-order valence-corrected chi connectivity index (χ2v) is 6.38. The number of ether oxygens (including phenoxy) is 1. The summed E-state index contributed by atoms with van der Waals surface area (Å²) >= 11 is 0. The van der Waals surface area contributed by atoms with Crippen molar-refractivity contribution in [3.63, 3.8) is 0 Å². The minimum absolute atomic E-state index is 0.157. The van der Waals surface area contributed by atoms with Crippen LogP contribution in [0.2, 0.25) is 0 Å². The van der Waals surface area contributed by atoms with E-state index < -0.39 is 11.9 Å². The van der Waals surface area contributed by atoms with E-state index in [2.05, 4.69) is 26.1 Å². The van der Waals surface area contributed by atoms with Crippen LogP contribution in [0, 0.1) is 11.3 Å². The molecule has 0 bridgehead atoms. The van der Waals surface area contributed by atoms with Gasteiger partial charge in [-0.05, 0) is 18.8 Å². The first-order valence-corrected chi connectivity index (χ1v) is 7.11. The highest BCUT2D eigenvalue weighted by Crippen LogP contribution is 2.21. The Labute approximate surface area is 120 Å². The van der Waals surface area contributed by atoms with Crippen molar-refractivity contribution in [1.82, 2.24) is 10.2 Å². The Balaban J connectivity index is 2.56. The van der Waals surface area contributed by atoms with Crippen LogP contribution < -0.4 is 5.32 Å². The fourth-order valence-electron chi connectivity index (χ4n) is 2.26. The fraction of sp³-hybridized carbons (Fsp3) is 0.857. The number of carbonyl (C=O) groups excluding carboxylic acids is 1. The lowest BCUT2D eigenvalue weighted by atomic mass is 9.92. The van der Waals surface area contributed by atoms with Crippen LogP contribution in [0.3, 0.4) is 0 Å². The van der Waals surface area contributed by atoms with Crippen LogP contribution in [0.1, 0.15) is 34.1 Å². The number of rotatable bonds is 5. The van der Waals surface area contributed by atoms with E-state index in [1.54, 1.807) is 4.90 Å². The molecule has 1 aliphatic heterocycles. The van der Waals surface area contributed by atoms with Gasteiger partial charge in [-0.25, -0.2) is 4.79 Å². The lowest BCUT2D eigenvalue weighted by Crippen LogP contribution is -2.50. The summed E-state index contributed by atoms with van der Waals surface area (Å²) in [4.78, 5) is 24.9. The molecule has 2 unspecified atom stereocenters. The number of nitrogens with zero attached hydrogens (tertiary/aromatic N) is 1. The van der Waals surface area contributed by atoms with Crippen molar-refractivity contribution >= 4 is 12.0 Å². The van der Waals surface area contributed by atoms with Gasteiger partial charge in [0.05, 0.1) is 19.3 Å². The molecule has 2 atom stereocenters. The number of carbonyl (C=O) groups is 2. The van der Waals surface area contributed by atoms with E-state index in [4.69, 9.17) is 9.84 Å². The monoisotopic (exact) mass is 286 g/mol. The van der Waals surface area contributed by atoms with Gasteiger partial charge in [0.1, 0.15) is 5.92 Å². The van der Waals surface area contributed by atoms with Crippen molar-refractivity contribution in [3.05, 3.63) is 0 Å². The van der Waals surface area contributed by atoms with Gasteiger partial charge in [0.2, 0.25) is 0 Å². The van der Waals surface area contributed by atoms with Crippen molar-refractivity contribution in [2.24, 2.45) is 11.3 Å². The summed E-state index contributed by atoms with van der Waals surface area (Å²) in [7, 11) is 0. The topological polar surface area (TPSA) is 78.9 Å². The molecule has 0 aromatic rings. The van der Waals surface area contributed by atoms with Crippen molar-refractivity contribution in [2.45, 2.75) is 40.2 Å². The Bertz CT molecular complexity index is 352. The van der Waals surface area contributed by atoms with E-state index in [0.29, 0.717) is 13.1 Å². The Hall–Kier alpha value is -1.30. The number of urea groups is 1. The SMILES string of the molecule is CCN(C(=O)NCCC(C)(C)C)C1COCC1C(=O)O. The van der Waals surface area contributed by atoms with Crippen LogP contribution in [0.5, 0.6) is 0 Å². The second kappa shape index (κ2) is 6.92. The zero-order valence-corrected chi connectivity index (χ0v) is 12.8. The average molecular weight is 286 g/mol. The van der Waals surface area contributed by atoms with Crippen LogP contribution in [0.25, 0.3) is 0 Å². The second-order valence-electron chi connectivity index (χ2n) is 6.38. The standard InChI is InChI=1S/C14H26N2O4/c1-5-16(11-9-20-8-10(11)12(17)18)13(19)15-7-6-14(2,3)4/h10-11H,5-9H2,1-4H3,(H,15,19)(H,17,18). The Morgan fingerprint density at radius 2 is 2.00 bits per heavy atom.